The molecule has 7 nitrogen and oxygen atoms in total. The minimum atomic E-state index is -0.0183. The van der Waals surface area contributed by atoms with Gasteiger partial charge in [0.1, 0.15) is 10.7 Å². The van der Waals surface area contributed by atoms with Crippen molar-refractivity contribution in [2.45, 2.75) is 30.2 Å². The molecule has 5 aromatic rings. The lowest BCUT2D eigenvalue weighted by Crippen LogP contribution is -2.11. The summed E-state index contributed by atoms with van der Waals surface area (Å²) in [6, 6.07) is 7.96. The highest BCUT2D eigenvalue weighted by Gasteiger charge is 2.21. The minimum Gasteiger partial charge on any atom is -0.309 e. The normalized spacial score (nSPS) is 13.9. The van der Waals surface area contributed by atoms with Crippen LogP contribution in [-0.2, 0) is 18.6 Å². The van der Waals surface area contributed by atoms with Crippen LogP contribution in [0.1, 0.15) is 22.7 Å². The molecule has 0 radical (unpaired) electrons. The van der Waals surface area contributed by atoms with E-state index in [2.05, 4.69) is 20.2 Å². The van der Waals surface area contributed by atoms with Crippen LogP contribution < -0.4 is 5.56 Å². The van der Waals surface area contributed by atoms with E-state index in [-0.39, 0.29) is 5.56 Å². The van der Waals surface area contributed by atoms with Gasteiger partial charge in [-0.1, -0.05) is 23.9 Å². The number of H-pyrrole nitrogens is 2. The molecule has 0 saturated carbocycles. The van der Waals surface area contributed by atoms with Gasteiger partial charge in [-0.2, -0.15) is 0 Å². The van der Waals surface area contributed by atoms with Gasteiger partial charge < -0.3 is 4.98 Å². The molecule has 0 amide bonds. The number of nitrogens with one attached hydrogen (secondary N) is 2. The van der Waals surface area contributed by atoms with E-state index in [4.69, 9.17) is 4.98 Å². The molecule has 9 heteroatoms. The zero-order valence-electron chi connectivity index (χ0n) is 14.2. The summed E-state index contributed by atoms with van der Waals surface area (Å²) in [6.45, 7) is 0. The van der Waals surface area contributed by atoms with Gasteiger partial charge in [0.05, 0.1) is 22.2 Å². The Labute approximate surface area is 160 Å². The van der Waals surface area contributed by atoms with Gasteiger partial charge in [-0.25, -0.2) is 15.1 Å². The maximum Gasteiger partial charge on any atom is 0.259 e. The Morgan fingerprint density at radius 3 is 3.11 bits per heavy atom. The number of para-hydroxylation sites is 2. The number of imidazole rings is 1. The van der Waals surface area contributed by atoms with Gasteiger partial charge in [-0.05, 0) is 37.0 Å². The van der Waals surface area contributed by atoms with Crippen molar-refractivity contribution < 1.29 is 0 Å². The molecular weight excluding hydrogens is 380 g/mol. The molecule has 2 N–H and O–H groups in total. The fraction of sp³-hybridized carbons (Fsp3) is 0.222. The summed E-state index contributed by atoms with van der Waals surface area (Å²) in [5, 5.41) is 8.94. The second-order valence-corrected chi connectivity index (χ2v) is 8.63. The summed E-state index contributed by atoms with van der Waals surface area (Å²) in [4.78, 5) is 27.0. The van der Waals surface area contributed by atoms with E-state index >= 15 is 0 Å². The maximum atomic E-state index is 12.6. The van der Waals surface area contributed by atoms with Crippen molar-refractivity contribution in [3.05, 3.63) is 50.9 Å². The second-order valence-electron chi connectivity index (χ2n) is 6.60. The van der Waals surface area contributed by atoms with E-state index in [1.165, 1.54) is 22.2 Å². The Balaban J connectivity index is 1.37. The molecule has 27 heavy (non-hydrogen) atoms. The van der Waals surface area contributed by atoms with E-state index in [9.17, 15) is 4.79 Å². The first-order valence-electron chi connectivity index (χ1n) is 8.76. The van der Waals surface area contributed by atoms with Crippen LogP contribution in [0, 0.1) is 0 Å². The molecule has 0 bridgehead atoms. The summed E-state index contributed by atoms with van der Waals surface area (Å²) in [5.74, 6) is 1.93. The minimum absolute atomic E-state index is 0.0183. The van der Waals surface area contributed by atoms with Crippen LogP contribution in [0.5, 0.6) is 0 Å². The third-order valence-electron chi connectivity index (χ3n) is 4.97. The summed E-state index contributed by atoms with van der Waals surface area (Å²) in [7, 11) is 0. The van der Waals surface area contributed by atoms with Gasteiger partial charge in [-0.15, -0.1) is 16.4 Å². The number of aromatic nitrogens is 6. The largest absolute Gasteiger partial charge is 0.309 e. The average Bonchev–Trinajstić information content (AvgIpc) is 3.39. The molecule has 0 aliphatic heterocycles. The summed E-state index contributed by atoms with van der Waals surface area (Å²) >= 11 is 3.20. The van der Waals surface area contributed by atoms with E-state index in [1.54, 1.807) is 11.3 Å². The molecule has 0 fully saturated rings. The number of hydrogen-bond donors (Lipinski definition) is 2. The first-order valence-corrected chi connectivity index (χ1v) is 10.6. The molecule has 1 aliphatic rings. The third kappa shape index (κ3) is 2.28. The molecule has 0 spiro atoms. The Bertz CT molecular complexity index is 1390. The summed E-state index contributed by atoms with van der Waals surface area (Å²) in [6.07, 6.45) is 3.20. The Hall–Kier alpha value is -2.65. The number of thioether (sulfide) groups is 1. The molecule has 0 unspecified atom stereocenters. The number of hydrogen-bond acceptors (Lipinski definition) is 6. The number of benzene rings is 1. The van der Waals surface area contributed by atoms with Crippen molar-refractivity contribution in [2.75, 3.05) is 0 Å². The van der Waals surface area contributed by atoms with Gasteiger partial charge >= 0.3 is 0 Å². The van der Waals surface area contributed by atoms with Crippen molar-refractivity contribution in [2.24, 2.45) is 0 Å². The quantitative estimate of drug-likeness (QED) is 0.458. The van der Waals surface area contributed by atoms with Crippen molar-refractivity contribution in [1.82, 2.24) is 29.5 Å². The monoisotopic (exact) mass is 394 g/mol. The van der Waals surface area contributed by atoms with Crippen molar-refractivity contribution in [3.63, 3.8) is 0 Å². The van der Waals surface area contributed by atoms with Crippen LogP contribution in [0.2, 0.25) is 0 Å². The van der Waals surface area contributed by atoms with Crippen LogP contribution in [0.3, 0.4) is 0 Å². The Morgan fingerprint density at radius 1 is 1.22 bits per heavy atom. The summed E-state index contributed by atoms with van der Waals surface area (Å²) in [5.41, 5.74) is 3.13. The predicted molar refractivity (Wildman–Crippen MR) is 107 cm³/mol. The topological polar surface area (TPSA) is 91.7 Å². The van der Waals surface area contributed by atoms with Crippen molar-refractivity contribution in [1.29, 1.82) is 0 Å². The fourth-order valence-corrected chi connectivity index (χ4v) is 5.89. The van der Waals surface area contributed by atoms with E-state index in [0.717, 1.165) is 45.7 Å². The maximum absolute atomic E-state index is 12.6. The molecule has 134 valence electrons. The second kappa shape index (κ2) is 5.67. The number of aryl methyl sites for hydroxylation is 2. The lowest BCUT2D eigenvalue weighted by atomic mass is 10.2. The highest BCUT2D eigenvalue weighted by molar-refractivity contribution is 7.98. The summed E-state index contributed by atoms with van der Waals surface area (Å²) < 4.78 is 2.00. The van der Waals surface area contributed by atoms with Crippen LogP contribution in [0.15, 0.2) is 34.2 Å². The van der Waals surface area contributed by atoms with Gasteiger partial charge in [0.2, 0.25) is 5.78 Å². The molecule has 0 saturated heterocycles. The number of rotatable bonds is 3. The molecule has 1 aromatic carbocycles. The van der Waals surface area contributed by atoms with Crippen LogP contribution in [0.4, 0.5) is 0 Å². The van der Waals surface area contributed by atoms with E-state index < -0.39 is 0 Å². The molecule has 6 rings (SSSR count). The number of fused-ring (bicyclic) bond motifs is 6. The van der Waals surface area contributed by atoms with Gasteiger partial charge in [0.25, 0.3) is 5.56 Å². The molecular formula is C18H14N6OS2. The van der Waals surface area contributed by atoms with Crippen LogP contribution in [-0.4, -0.2) is 29.5 Å². The van der Waals surface area contributed by atoms with Gasteiger partial charge in [0.15, 0.2) is 5.16 Å². The van der Waals surface area contributed by atoms with E-state index in [0.29, 0.717) is 17.4 Å². The van der Waals surface area contributed by atoms with Gasteiger partial charge in [0, 0.05) is 4.88 Å². The zero-order chi connectivity index (χ0) is 18.0. The highest BCUT2D eigenvalue weighted by Crippen LogP contribution is 2.34. The number of aromatic amines is 2. The molecule has 0 atom stereocenters. The SMILES string of the molecule is O=c1[nH]c(CSc2n[nH]c3nc4ccccc4n23)nc2sc3c(c12)CCC3. The standard InChI is InChI=1S/C18H14N6OS2/c25-15-14-9-4-3-7-12(9)27-16(14)21-13(20-15)8-26-18-23-22-17-19-10-5-1-2-6-11(10)24(17)18/h1-2,5-6H,3-4,7-8H2,(H,19,22)(H,20,21,25). The highest BCUT2D eigenvalue weighted by atomic mass is 32.2. The molecule has 4 heterocycles. The van der Waals surface area contributed by atoms with Crippen LogP contribution in [0.25, 0.3) is 27.0 Å². The fourth-order valence-electron chi connectivity index (χ4n) is 3.79. The first kappa shape index (κ1) is 15.4. The lowest BCUT2D eigenvalue weighted by molar-refractivity contribution is 0.915. The number of thiophene rings is 1. The van der Waals surface area contributed by atoms with Crippen molar-refractivity contribution in [3.8, 4) is 0 Å². The Kier molecular flexibility index (Phi) is 3.24. The molecule has 4 aromatic heterocycles. The molecule has 1 aliphatic carbocycles. The third-order valence-corrected chi connectivity index (χ3v) is 7.10. The number of nitrogens with zero attached hydrogens (tertiary/aromatic N) is 4. The Morgan fingerprint density at radius 2 is 2.15 bits per heavy atom. The van der Waals surface area contributed by atoms with Crippen molar-refractivity contribution >= 4 is 50.1 Å². The van der Waals surface area contributed by atoms with Gasteiger partial charge in [-0.3, -0.25) is 9.20 Å². The average molecular weight is 394 g/mol. The van der Waals surface area contributed by atoms with Crippen LogP contribution >= 0.6 is 23.1 Å². The zero-order valence-corrected chi connectivity index (χ0v) is 15.8. The smallest absolute Gasteiger partial charge is 0.259 e. The predicted octanol–water partition coefficient (Wildman–Crippen LogP) is 3.29. The lowest BCUT2D eigenvalue weighted by Gasteiger charge is -2.01. The first-order chi connectivity index (χ1) is 13.3. The van der Waals surface area contributed by atoms with E-state index in [1.807, 2.05) is 28.7 Å².